The van der Waals surface area contributed by atoms with Crippen molar-refractivity contribution in [1.29, 1.82) is 0 Å². The Morgan fingerprint density at radius 1 is 1.36 bits per heavy atom. The smallest absolute Gasteiger partial charge is 0.213 e. The summed E-state index contributed by atoms with van der Waals surface area (Å²) >= 11 is 0. The quantitative estimate of drug-likeness (QED) is 0.519. The molecule has 0 aliphatic carbocycles. The zero-order valence-electron chi connectivity index (χ0n) is 5.71. The summed E-state index contributed by atoms with van der Waals surface area (Å²) in [7, 11) is 0. The van der Waals surface area contributed by atoms with Crippen molar-refractivity contribution in [3.8, 4) is 0 Å². The van der Waals surface area contributed by atoms with E-state index < -0.39 is 5.95 Å². The van der Waals surface area contributed by atoms with Gasteiger partial charge in [-0.25, -0.2) is 4.98 Å². The minimum Gasteiger partial charge on any atom is -0.228 e. The molecule has 1 nitrogen and oxygen atoms in total. The van der Waals surface area contributed by atoms with Crippen LogP contribution in [0.25, 0.3) is 10.8 Å². The number of aromatic nitrogens is 1. The van der Waals surface area contributed by atoms with Crippen LogP contribution < -0.4 is 0 Å². The van der Waals surface area contributed by atoms with E-state index in [9.17, 15) is 4.39 Å². The molecule has 0 saturated heterocycles. The molecule has 1 aromatic heterocycles. The lowest BCUT2D eigenvalue weighted by Gasteiger charge is -1.93. The number of nitrogens with zero attached hydrogens (tertiary/aromatic N) is 1. The summed E-state index contributed by atoms with van der Waals surface area (Å²) in [4.78, 5) is 3.53. The van der Waals surface area contributed by atoms with Gasteiger partial charge in [-0.2, -0.15) is 4.39 Å². The van der Waals surface area contributed by atoms with Gasteiger partial charge in [0.25, 0.3) is 0 Å². The van der Waals surface area contributed by atoms with E-state index in [0.717, 1.165) is 10.8 Å². The normalized spacial score (nSPS) is 10.3. The SMILES string of the molecule is Fc1cc2c[c]ccc2cn1. The standard InChI is InChI=1S/C9H5FN/c10-9-5-7-3-1-2-4-8(7)6-11-9/h2-6H. The van der Waals surface area contributed by atoms with Gasteiger partial charge in [-0.05, 0) is 17.5 Å². The molecule has 2 rings (SSSR count). The molecule has 1 aromatic carbocycles. The second kappa shape index (κ2) is 2.31. The lowest BCUT2D eigenvalue weighted by molar-refractivity contribution is 0.586. The van der Waals surface area contributed by atoms with E-state index in [-0.39, 0.29) is 0 Å². The topological polar surface area (TPSA) is 12.9 Å². The molecule has 2 aromatic rings. The van der Waals surface area contributed by atoms with Crippen LogP contribution in [0.4, 0.5) is 4.39 Å². The van der Waals surface area contributed by atoms with Crippen LogP contribution >= 0.6 is 0 Å². The van der Waals surface area contributed by atoms with Gasteiger partial charge in [0.2, 0.25) is 5.95 Å². The first kappa shape index (κ1) is 6.28. The van der Waals surface area contributed by atoms with Crippen LogP contribution in [-0.4, -0.2) is 4.98 Å². The molecule has 2 heteroatoms. The van der Waals surface area contributed by atoms with Crippen LogP contribution in [-0.2, 0) is 0 Å². The molecule has 0 bridgehead atoms. The molecule has 0 spiro atoms. The number of benzene rings is 1. The molecule has 0 amide bonds. The number of fused-ring (bicyclic) bond motifs is 1. The predicted molar refractivity (Wildman–Crippen MR) is 40.5 cm³/mol. The van der Waals surface area contributed by atoms with E-state index >= 15 is 0 Å². The molecule has 1 heterocycles. The van der Waals surface area contributed by atoms with Crippen LogP contribution in [0.3, 0.4) is 0 Å². The Kier molecular flexibility index (Phi) is 1.32. The average molecular weight is 146 g/mol. The Bertz CT molecular complexity index is 384. The largest absolute Gasteiger partial charge is 0.228 e. The van der Waals surface area contributed by atoms with Gasteiger partial charge in [0.1, 0.15) is 0 Å². The highest BCUT2D eigenvalue weighted by Crippen LogP contribution is 2.11. The first-order chi connectivity index (χ1) is 5.36. The summed E-state index contributed by atoms with van der Waals surface area (Å²) in [5.74, 6) is -0.447. The van der Waals surface area contributed by atoms with Crippen LogP contribution in [0.5, 0.6) is 0 Å². The Labute approximate surface area is 63.5 Å². The number of hydrogen-bond donors (Lipinski definition) is 0. The third-order valence-corrected chi connectivity index (χ3v) is 1.53. The molecule has 0 unspecified atom stereocenters. The molecule has 0 saturated carbocycles. The third kappa shape index (κ3) is 1.07. The van der Waals surface area contributed by atoms with Crippen LogP contribution in [0.2, 0.25) is 0 Å². The second-order valence-corrected chi connectivity index (χ2v) is 2.28. The number of halogens is 1. The van der Waals surface area contributed by atoms with Gasteiger partial charge in [0, 0.05) is 17.6 Å². The Balaban J connectivity index is 2.83. The lowest BCUT2D eigenvalue weighted by atomic mass is 10.2. The maximum atomic E-state index is 12.5. The van der Waals surface area contributed by atoms with E-state index in [2.05, 4.69) is 11.1 Å². The maximum Gasteiger partial charge on any atom is 0.213 e. The number of pyridine rings is 1. The van der Waals surface area contributed by atoms with Crippen LogP contribution in [0, 0.1) is 12.0 Å². The summed E-state index contributed by atoms with van der Waals surface area (Å²) in [6.07, 6.45) is 1.51. The summed E-state index contributed by atoms with van der Waals surface area (Å²) in [5.41, 5.74) is 0. The lowest BCUT2D eigenvalue weighted by Crippen LogP contribution is -1.80. The fraction of sp³-hybridized carbons (Fsp3) is 0. The van der Waals surface area contributed by atoms with Crippen molar-refractivity contribution in [2.24, 2.45) is 0 Å². The van der Waals surface area contributed by atoms with E-state index in [1.807, 2.05) is 6.07 Å². The molecular formula is C9H5FN. The summed E-state index contributed by atoms with van der Waals surface area (Å²) in [6.45, 7) is 0. The molecule has 0 aliphatic heterocycles. The average Bonchev–Trinajstić information content (AvgIpc) is 2.04. The molecule has 11 heavy (non-hydrogen) atoms. The van der Waals surface area contributed by atoms with E-state index in [1.54, 1.807) is 12.1 Å². The zero-order chi connectivity index (χ0) is 7.68. The predicted octanol–water partition coefficient (Wildman–Crippen LogP) is 2.17. The molecule has 1 radical (unpaired) electrons. The zero-order valence-corrected chi connectivity index (χ0v) is 5.71. The van der Waals surface area contributed by atoms with Crippen LogP contribution in [0.15, 0.2) is 30.5 Å². The van der Waals surface area contributed by atoms with Gasteiger partial charge in [0.15, 0.2) is 0 Å². The minimum atomic E-state index is -0.447. The Morgan fingerprint density at radius 2 is 2.27 bits per heavy atom. The van der Waals surface area contributed by atoms with Crippen LogP contribution in [0.1, 0.15) is 0 Å². The third-order valence-electron chi connectivity index (χ3n) is 1.53. The van der Waals surface area contributed by atoms with Crippen molar-refractivity contribution < 1.29 is 4.39 Å². The van der Waals surface area contributed by atoms with E-state index in [1.165, 1.54) is 12.3 Å². The van der Waals surface area contributed by atoms with Gasteiger partial charge in [-0.15, -0.1) is 0 Å². The van der Waals surface area contributed by atoms with Crippen molar-refractivity contribution in [2.75, 3.05) is 0 Å². The highest BCUT2D eigenvalue weighted by molar-refractivity contribution is 5.80. The first-order valence-electron chi connectivity index (χ1n) is 3.27. The number of hydrogen-bond acceptors (Lipinski definition) is 1. The second-order valence-electron chi connectivity index (χ2n) is 2.28. The van der Waals surface area contributed by atoms with Gasteiger partial charge >= 0.3 is 0 Å². The van der Waals surface area contributed by atoms with Gasteiger partial charge < -0.3 is 0 Å². The summed E-state index contributed by atoms with van der Waals surface area (Å²) in [5, 5.41) is 1.77. The molecule has 0 fully saturated rings. The van der Waals surface area contributed by atoms with Gasteiger partial charge in [0.05, 0.1) is 0 Å². The fourth-order valence-electron chi connectivity index (χ4n) is 0.995. The fourth-order valence-corrected chi connectivity index (χ4v) is 0.995. The monoisotopic (exact) mass is 146 g/mol. The molecular weight excluding hydrogens is 141 g/mol. The van der Waals surface area contributed by atoms with Crippen molar-refractivity contribution in [1.82, 2.24) is 4.98 Å². The molecule has 0 N–H and O–H groups in total. The van der Waals surface area contributed by atoms with Crippen molar-refractivity contribution in [2.45, 2.75) is 0 Å². The highest BCUT2D eigenvalue weighted by atomic mass is 19.1. The Morgan fingerprint density at radius 3 is 3.18 bits per heavy atom. The molecule has 0 aliphatic rings. The van der Waals surface area contributed by atoms with E-state index in [4.69, 9.17) is 0 Å². The maximum absolute atomic E-state index is 12.5. The number of rotatable bonds is 0. The molecule has 53 valence electrons. The highest BCUT2D eigenvalue weighted by Gasteiger charge is 1.93. The van der Waals surface area contributed by atoms with Gasteiger partial charge in [-0.3, -0.25) is 0 Å². The van der Waals surface area contributed by atoms with E-state index in [0.29, 0.717) is 0 Å². The first-order valence-corrected chi connectivity index (χ1v) is 3.27. The molecule has 0 atom stereocenters. The Hall–Kier alpha value is -1.44. The summed E-state index contributed by atoms with van der Waals surface area (Å²) < 4.78 is 12.5. The summed E-state index contributed by atoms with van der Waals surface area (Å²) in [6, 6.07) is 9.63. The van der Waals surface area contributed by atoms with Crippen molar-refractivity contribution in [3.63, 3.8) is 0 Å². The van der Waals surface area contributed by atoms with Gasteiger partial charge in [-0.1, -0.05) is 12.1 Å². The van der Waals surface area contributed by atoms with Crippen molar-refractivity contribution in [3.05, 3.63) is 42.5 Å². The minimum absolute atomic E-state index is 0.447. The van der Waals surface area contributed by atoms with Crippen molar-refractivity contribution >= 4 is 10.8 Å².